The van der Waals surface area contributed by atoms with Crippen molar-refractivity contribution in [3.63, 3.8) is 0 Å². The monoisotopic (exact) mass is 217 g/mol. The van der Waals surface area contributed by atoms with E-state index in [1.54, 1.807) is 0 Å². The predicted octanol–water partition coefficient (Wildman–Crippen LogP) is 1.92. The van der Waals surface area contributed by atoms with E-state index in [0.717, 1.165) is 38.5 Å². The molecule has 0 atom stereocenters. The molecule has 1 radical (unpaired) electrons. The average molecular weight is 217 g/mol. The van der Waals surface area contributed by atoms with Gasteiger partial charge in [0.25, 0.3) is 0 Å². The summed E-state index contributed by atoms with van der Waals surface area (Å²) in [6.45, 7) is 8.00. The zero-order valence-electron chi connectivity index (χ0n) is 9.41. The van der Waals surface area contributed by atoms with Gasteiger partial charge in [0, 0.05) is 19.6 Å². The third kappa shape index (κ3) is 2.55. The van der Waals surface area contributed by atoms with Crippen LogP contribution in [0.25, 0.3) is 0 Å². The predicted molar refractivity (Wildman–Crippen MR) is 67.0 cm³/mol. The first-order valence-electron chi connectivity index (χ1n) is 5.59. The second-order valence-corrected chi connectivity index (χ2v) is 3.71. The molecule has 3 nitrogen and oxygen atoms in total. The lowest BCUT2D eigenvalue weighted by atomic mass is 10.2. The van der Waals surface area contributed by atoms with Crippen molar-refractivity contribution in [1.82, 2.24) is 0 Å². The Morgan fingerprint density at radius 3 is 3.06 bits per heavy atom. The molecule has 0 unspecified atom stereocenters. The third-order valence-corrected chi connectivity index (χ3v) is 2.63. The van der Waals surface area contributed by atoms with Crippen LogP contribution in [-0.2, 0) is 4.74 Å². The Bertz CT molecular complexity index is 346. The maximum Gasteiger partial charge on any atom is 0.0642 e. The van der Waals surface area contributed by atoms with E-state index in [1.165, 1.54) is 5.69 Å². The highest BCUT2D eigenvalue weighted by atomic mass is 16.5. The van der Waals surface area contributed by atoms with Crippen molar-refractivity contribution in [3.05, 3.63) is 36.9 Å². The van der Waals surface area contributed by atoms with Gasteiger partial charge in [0.1, 0.15) is 0 Å². The van der Waals surface area contributed by atoms with E-state index >= 15 is 0 Å². The summed E-state index contributed by atoms with van der Waals surface area (Å²) in [4.78, 5) is 2.34. The number of hydrogen-bond donors (Lipinski definition) is 1. The summed E-state index contributed by atoms with van der Waals surface area (Å²) in [7, 11) is 0. The normalized spacial score (nSPS) is 15.9. The van der Waals surface area contributed by atoms with Gasteiger partial charge in [-0.1, -0.05) is 12.1 Å². The minimum Gasteiger partial charge on any atom is -0.380 e. The quantitative estimate of drug-likeness (QED) is 0.780. The minimum atomic E-state index is 0.773. The lowest BCUT2D eigenvalue weighted by Gasteiger charge is -2.30. The number of anilines is 2. The zero-order chi connectivity index (χ0) is 11.2. The molecular weight excluding hydrogens is 200 g/mol. The van der Waals surface area contributed by atoms with Gasteiger partial charge in [-0.25, -0.2) is 0 Å². The maximum absolute atomic E-state index is 5.36. The van der Waals surface area contributed by atoms with Gasteiger partial charge in [-0.05, 0) is 18.2 Å². The highest BCUT2D eigenvalue weighted by Crippen LogP contribution is 2.25. The fourth-order valence-corrected chi connectivity index (χ4v) is 1.83. The van der Waals surface area contributed by atoms with Crippen LogP contribution in [0.3, 0.4) is 0 Å². The highest BCUT2D eigenvalue weighted by Gasteiger charge is 2.13. The van der Waals surface area contributed by atoms with Gasteiger partial charge in [-0.15, -0.1) is 6.58 Å². The van der Waals surface area contributed by atoms with E-state index in [9.17, 15) is 0 Å². The second-order valence-electron chi connectivity index (χ2n) is 3.71. The van der Waals surface area contributed by atoms with Crippen LogP contribution in [0, 0.1) is 6.07 Å². The molecule has 85 valence electrons. The minimum absolute atomic E-state index is 0.773. The Balaban J connectivity index is 2.14. The molecule has 0 aromatic heterocycles. The van der Waals surface area contributed by atoms with Crippen molar-refractivity contribution in [3.8, 4) is 0 Å². The fraction of sp³-hybridized carbons (Fsp3) is 0.385. The number of ether oxygens (including phenoxy) is 1. The summed E-state index contributed by atoms with van der Waals surface area (Å²) in [5, 5.41) is 3.33. The van der Waals surface area contributed by atoms with E-state index in [-0.39, 0.29) is 0 Å². The van der Waals surface area contributed by atoms with Crippen molar-refractivity contribution in [2.45, 2.75) is 0 Å². The van der Waals surface area contributed by atoms with Gasteiger partial charge in [-0.3, -0.25) is 0 Å². The van der Waals surface area contributed by atoms with Gasteiger partial charge >= 0.3 is 0 Å². The smallest absolute Gasteiger partial charge is 0.0642 e. The number of nitrogens with one attached hydrogen (secondary N) is 1. The molecule has 3 heteroatoms. The van der Waals surface area contributed by atoms with Crippen LogP contribution in [0.1, 0.15) is 0 Å². The Morgan fingerprint density at radius 1 is 1.50 bits per heavy atom. The van der Waals surface area contributed by atoms with Crippen molar-refractivity contribution < 1.29 is 4.74 Å². The van der Waals surface area contributed by atoms with E-state index in [0.29, 0.717) is 0 Å². The molecule has 0 amide bonds. The third-order valence-electron chi connectivity index (χ3n) is 2.63. The summed E-state index contributed by atoms with van der Waals surface area (Å²) < 4.78 is 5.36. The molecule has 2 rings (SSSR count). The van der Waals surface area contributed by atoms with Gasteiger partial charge < -0.3 is 15.0 Å². The summed E-state index contributed by atoms with van der Waals surface area (Å²) in [5.41, 5.74) is 2.34. The molecule has 0 aliphatic carbocycles. The number of nitrogens with zero attached hydrogens (tertiary/aromatic N) is 1. The summed E-state index contributed by atoms with van der Waals surface area (Å²) in [6.07, 6.45) is 1.86. The topological polar surface area (TPSA) is 24.5 Å². The molecule has 0 spiro atoms. The van der Waals surface area contributed by atoms with E-state index in [2.05, 4.69) is 28.9 Å². The molecule has 16 heavy (non-hydrogen) atoms. The number of morpholine rings is 1. The van der Waals surface area contributed by atoms with Crippen LogP contribution >= 0.6 is 0 Å². The SMILES string of the molecule is C=CCNc1c[c]ccc1N1CCOCC1. The number of rotatable bonds is 4. The zero-order valence-corrected chi connectivity index (χ0v) is 9.41. The Hall–Kier alpha value is -1.48. The van der Waals surface area contributed by atoms with Crippen LogP contribution in [0.2, 0.25) is 0 Å². The number of benzene rings is 1. The first-order valence-corrected chi connectivity index (χ1v) is 5.59. The van der Waals surface area contributed by atoms with Crippen LogP contribution in [0.15, 0.2) is 30.9 Å². The first kappa shape index (κ1) is 11.0. The van der Waals surface area contributed by atoms with Crippen molar-refractivity contribution in [2.75, 3.05) is 43.1 Å². The van der Waals surface area contributed by atoms with Gasteiger partial charge in [-0.2, -0.15) is 0 Å². The molecule has 0 saturated carbocycles. The summed E-state index contributed by atoms with van der Waals surface area (Å²) >= 11 is 0. The van der Waals surface area contributed by atoms with E-state index in [1.807, 2.05) is 18.2 Å². The molecule has 1 heterocycles. The van der Waals surface area contributed by atoms with Gasteiger partial charge in [0.15, 0.2) is 0 Å². The lowest BCUT2D eigenvalue weighted by molar-refractivity contribution is 0.123. The van der Waals surface area contributed by atoms with Crippen molar-refractivity contribution >= 4 is 11.4 Å². The summed E-state index contributed by atoms with van der Waals surface area (Å²) in [6, 6.07) is 9.12. The average Bonchev–Trinajstić information content (AvgIpc) is 2.38. The second kappa shape index (κ2) is 5.56. The fourth-order valence-electron chi connectivity index (χ4n) is 1.83. The largest absolute Gasteiger partial charge is 0.380 e. The molecular formula is C13H17N2O. The Morgan fingerprint density at radius 2 is 2.31 bits per heavy atom. The molecule has 1 aromatic carbocycles. The molecule has 1 saturated heterocycles. The van der Waals surface area contributed by atoms with Crippen molar-refractivity contribution in [2.24, 2.45) is 0 Å². The van der Waals surface area contributed by atoms with Crippen LogP contribution < -0.4 is 10.2 Å². The molecule has 1 aliphatic heterocycles. The van der Waals surface area contributed by atoms with Crippen LogP contribution in [0.5, 0.6) is 0 Å². The van der Waals surface area contributed by atoms with Gasteiger partial charge in [0.05, 0.1) is 24.6 Å². The molecule has 1 N–H and O–H groups in total. The maximum atomic E-state index is 5.36. The van der Waals surface area contributed by atoms with Crippen molar-refractivity contribution in [1.29, 1.82) is 0 Å². The molecule has 0 bridgehead atoms. The molecule has 1 aromatic rings. The standard InChI is InChI=1S/C13H17N2O/c1-2-7-14-12-5-3-4-6-13(12)15-8-10-16-11-9-15/h2,4-6,14H,1,7-11H2. The van der Waals surface area contributed by atoms with E-state index in [4.69, 9.17) is 4.74 Å². The van der Waals surface area contributed by atoms with Crippen LogP contribution in [-0.4, -0.2) is 32.8 Å². The van der Waals surface area contributed by atoms with E-state index < -0.39 is 0 Å². The van der Waals surface area contributed by atoms with Crippen LogP contribution in [0.4, 0.5) is 11.4 Å². The Kier molecular flexibility index (Phi) is 3.83. The first-order chi connectivity index (χ1) is 7.92. The van der Waals surface area contributed by atoms with Gasteiger partial charge in [0.2, 0.25) is 0 Å². The number of hydrogen-bond acceptors (Lipinski definition) is 3. The Labute approximate surface area is 96.7 Å². The molecule has 1 fully saturated rings. The lowest BCUT2D eigenvalue weighted by Crippen LogP contribution is -2.36. The summed E-state index contributed by atoms with van der Waals surface area (Å²) in [5.74, 6) is 0. The highest BCUT2D eigenvalue weighted by molar-refractivity contribution is 5.70. The molecule has 1 aliphatic rings.